The van der Waals surface area contributed by atoms with Gasteiger partial charge >= 0.3 is 0 Å². The number of hydrogen-bond donors (Lipinski definition) is 1. The molecule has 0 aliphatic heterocycles. The number of aromatic amines is 1. The van der Waals surface area contributed by atoms with Crippen LogP contribution in [0.15, 0.2) is 10.9 Å². The summed E-state index contributed by atoms with van der Waals surface area (Å²) >= 11 is 1.42. The number of nitrogens with one attached hydrogen (secondary N) is 1. The molecule has 14 heavy (non-hydrogen) atoms. The van der Waals surface area contributed by atoms with Crippen molar-refractivity contribution < 1.29 is 13.7 Å². The van der Waals surface area contributed by atoms with Crippen LogP contribution in [0, 0.1) is 13.8 Å². The van der Waals surface area contributed by atoms with E-state index in [4.69, 9.17) is 0 Å². The molecule has 0 aliphatic rings. The number of hydrogen-bond acceptors (Lipinski definition) is 3. The molecule has 0 aromatic carbocycles. The molecule has 0 fully saturated rings. The number of nitro groups is 1. The number of rotatable bonds is 2. The lowest BCUT2D eigenvalue weighted by Crippen LogP contribution is -2.12. The van der Waals surface area contributed by atoms with Crippen LogP contribution in [0.25, 0.3) is 0 Å². The molecule has 0 saturated carbocycles. The molecule has 0 unspecified atom stereocenters. The van der Waals surface area contributed by atoms with E-state index in [1.165, 1.54) is 22.6 Å². The number of halogens is 3. The molecule has 1 aromatic rings. The second-order valence-electron chi connectivity index (χ2n) is 2.30. The van der Waals surface area contributed by atoms with Gasteiger partial charge in [-0.25, -0.2) is 8.78 Å². The van der Waals surface area contributed by atoms with Crippen molar-refractivity contribution in [2.24, 2.45) is 0 Å². The third-order valence-corrected chi connectivity index (χ3v) is 2.28. The van der Waals surface area contributed by atoms with Crippen molar-refractivity contribution in [2.45, 2.75) is 6.43 Å². The molecular formula is C6H3F2IN2O3. The van der Waals surface area contributed by atoms with Crippen molar-refractivity contribution in [3.63, 3.8) is 0 Å². The molecule has 0 bridgehead atoms. The minimum Gasteiger partial charge on any atom is -0.317 e. The Balaban J connectivity index is 3.52. The highest BCUT2D eigenvalue weighted by Gasteiger charge is 2.25. The first-order valence-electron chi connectivity index (χ1n) is 3.28. The Kier molecular flexibility index (Phi) is 3.13. The van der Waals surface area contributed by atoms with Crippen LogP contribution in [-0.2, 0) is 0 Å². The van der Waals surface area contributed by atoms with Gasteiger partial charge in [-0.2, -0.15) is 0 Å². The fourth-order valence-corrected chi connectivity index (χ4v) is 1.66. The predicted octanol–water partition coefficient (Wildman–Crippen LogP) is 1.83. The van der Waals surface area contributed by atoms with E-state index in [9.17, 15) is 23.7 Å². The average Bonchev–Trinajstić information content (AvgIpc) is 2.01. The summed E-state index contributed by atoms with van der Waals surface area (Å²) in [5.41, 5.74) is -2.38. The maximum atomic E-state index is 12.3. The first kappa shape index (κ1) is 11.0. The second-order valence-corrected chi connectivity index (χ2v) is 3.38. The van der Waals surface area contributed by atoms with Gasteiger partial charge in [0.1, 0.15) is 5.56 Å². The zero-order valence-corrected chi connectivity index (χ0v) is 8.62. The predicted molar refractivity (Wildman–Crippen MR) is 51.4 cm³/mol. The Bertz CT molecular complexity index is 432. The van der Waals surface area contributed by atoms with Crippen LogP contribution >= 0.6 is 22.6 Å². The van der Waals surface area contributed by atoms with E-state index >= 15 is 0 Å². The van der Waals surface area contributed by atoms with Crippen molar-refractivity contribution in [3.8, 4) is 0 Å². The van der Waals surface area contributed by atoms with E-state index in [1.807, 2.05) is 0 Å². The summed E-state index contributed by atoms with van der Waals surface area (Å²) in [6.07, 6.45) is -2.99. The topological polar surface area (TPSA) is 76.0 Å². The smallest absolute Gasteiger partial charge is 0.286 e. The highest BCUT2D eigenvalue weighted by Crippen LogP contribution is 2.30. The minimum atomic E-state index is -2.99. The molecule has 0 amide bonds. The van der Waals surface area contributed by atoms with Gasteiger partial charge in [0, 0.05) is 0 Å². The van der Waals surface area contributed by atoms with Crippen molar-refractivity contribution in [3.05, 3.63) is 35.8 Å². The maximum Gasteiger partial charge on any atom is 0.286 e. The Hall–Kier alpha value is -1.06. The highest BCUT2D eigenvalue weighted by atomic mass is 127. The molecular weight excluding hydrogens is 313 g/mol. The summed E-state index contributed by atoms with van der Waals surface area (Å²) < 4.78 is 24.5. The molecule has 1 aromatic heterocycles. The van der Waals surface area contributed by atoms with E-state index in [0.29, 0.717) is 6.07 Å². The summed E-state index contributed by atoms with van der Waals surface area (Å²) in [5.74, 6) is 0. The fraction of sp³-hybridized carbons (Fsp3) is 0.167. The standard InChI is InChI=1S/C6H3F2IN2O3/c7-5(8)4-2(11(13)14)1-3(12)10-6(4)9/h1,5H,(H,10,12). The summed E-state index contributed by atoms with van der Waals surface area (Å²) in [4.78, 5) is 22.2. The van der Waals surface area contributed by atoms with Crippen LogP contribution in [0.2, 0.25) is 0 Å². The molecule has 1 heterocycles. The quantitative estimate of drug-likeness (QED) is 0.391. The lowest BCUT2D eigenvalue weighted by atomic mass is 10.2. The molecule has 76 valence electrons. The van der Waals surface area contributed by atoms with E-state index in [-0.39, 0.29) is 3.70 Å². The number of nitrogens with zero attached hydrogens (tertiary/aromatic N) is 1. The monoisotopic (exact) mass is 316 g/mol. The van der Waals surface area contributed by atoms with Crippen LogP contribution in [0.5, 0.6) is 0 Å². The van der Waals surface area contributed by atoms with Gasteiger partial charge in [-0.05, 0) is 22.6 Å². The molecule has 5 nitrogen and oxygen atoms in total. The van der Waals surface area contributed by atoms with Gasteiger partial charge in [0.2, 0.25) is 0 Å². The Morgan fingerprint density at radius 3 is 2.57 bits per heavy atom. The molecule has 1 N–H and O–H groups in total. The second kappa shape index (κ2) is 3.98. The summed E-state index contributed by atoms with van der Waals surface area (Å²) in [6.45, 7) is 0. The molecule has 0 atom stereocenters. The number of alkyl halides is 2. The molecule has 0 saturated heterocycles. The van der Waals surface area contributed by atoms with E-state index in [2.05, 4.69) is 4.98 Å². The molecule has 0 aliphatic carbocycles. The molecule has 1 rings (SSSR count). The average molecular weight is 316 g/mol. The Labute approximate surface area is 89.4 Å². The van der Waals surface area contributed by atoms with E-state index < -0.39 is 28.2 Å². The van der Waals surface area contributed by atoms with Gasteiger partial charge in [-0.15, -0.1) is 0 Å². The first-order chi connectivity index (χ1) is 6.43. The molecule has 0 spiro atoms. The number of H-pyrrole nitrogens is 1. The molecule has 8 heteroatoms. The first-order valence-corrected chi connectivity index (χ1v) is 4.36. The van der Waals surface area contributed by atoms with Gasteiger partial charge in [-0.3, -0.25) is 14.9 Å². The van der Waals surface area contributed by atoms with Crippen LogP contribution < -0.4 is 5.56 Å². The zero-order chi connectivity index (χ0) is 10.9. The summed E-state index contributed by atoms with van der Waals surface area (Å²) in [5, 5.41) is 10.3. The van der Waals surface area contributed by atoms with Gasteiger partial charge in [0.05, 0.1) is 14.7 Å². The Morgan fingerprint density at radius 1 is 1.57 bits per heavy atom. The van der Waals surface area contributed by atoms with Crippen molar-refractivity contribution >= 4 is 28.3 Å². The van der Waals surface area contributed by atoms with E-state index in [0.717, 1.165) is 0 Å². The highest BCUT2D eigenvalue weighted by molar-refractivity contribution is 14.1. The number of aromatic nitrogens is 1. The van der Waals surface area contributed by atoms with Crippen LogP contribution in [0.4, 0.5) is 14.5 Å². The lowest BCUT2D eigenvalue weighted by molar-refractivity contribution is -0.386. The van der Waals surface area contributed by atoms with Crippen molar-refractivity contribution in [1.29, 1.82) is 0 Å². The Morgan fingerprint density at radius 2 is 2.14 bits per heavy atom. The normalized spacial score (nSPS) is 10.6. The maximum absolute atomic E-state index is 12.3. The van der Waals surface area contributed by atoms with Crippen molar-refractivity contribution in [1.82, 2.24) is 4.98 Å². The third kappa shape index (κ3) is 2.05. The van der Waals surface area contributed by atoms with Gasteiger partial charge < -0.3 is 4.98 Å². The largest absolute Gasteiger partial charge is 0.317 e. The third-order valence-electron chi connectivity index (χ3n) is 1.43. The zero-order valence-electron chi connectivity index (χ0n) is 6.46. The molecule has 0 radical (unpaired) electrons. The minimum absolute atomic E-state index is 0.211. The van der Waals surface area contributed by atoms with Gasteiger partial charge in [-0.1, -0.05) is 0 Å². The lowest BCUT2D eigenvalue weighted by Gasteiger charge is -2.02. The van der Waals surface area contributed by atoms with Gasteiger partial charge in [0.15, 0.2) is 0 Å². The fourth-order valence-electron chi connectivity index (χ4n) is 0.885. The summed E-state index contributed by atoms with van der Waals surface area (Å²) in [7, 11) is 0. The van der Waals surface area contributed by atoms with Crippen LogP contribution in [0.1, 0.15) is 12.0 Å². The van der Waals surface area contributed by atoms with E-state index in [1.54, 1.807) is 0 Å². The number of pyridine rings is 1. The van der Waals surface area contributed by atoms with Crippen LogP contribution in [-0.4, -0.2) is 9.91 Å². The SMILES string of the molecule is O=c1cc([N+](=O)[O-])c(C(F)F)c(I)[nH]1. The summed E-state index contributed by atoms with van der Waals surface area (Å²) in [6, 6.07) is 0.545. The van der Waals surface area contributed by atoms with Crippen LogP contribution in [0.3, 0.4) is 0 Å². The van der Waals surface area contributed by atoms with Gasteiger partial charge in [0.25, 0.3) is 17.7 Å². The van der Waals surface area contributed by atoms with Crippen molar-refractivity contribution in [2.75, 3.05) is 0 Å².